The molecule has 20 heavy (non-hydrogen) atoms. The maximum absolute atomic E-state index is 11.9. The van der Waals surface area contributed by atoms with E-state index in [1.165, 1.54) is 14.2 Å². The average molecular weight is 278 g/mol. The third-order valence-corrected chi connectivity index (χ3v) is 3.60. The van der Waals surface area contributed by atoms with Crippen LogP contribution in [0.3, 0.4) is 0 Å². The Labute approximate surface area is 117 Å². The fraction of sp³-hybridized carbons (Fsp3) is 0.467. The zero-order chi connectivity index (χ0) is 14.5. The number of furan rings is 1. The first-order valence-electron chi connectivity index (χ1n) is 6.58. The molecule has 0 saturated heterocycles. The van der Waals surface area contributed by atoms with Gasteiger partial charge in [-0.05, 0) is 37.0 Å². The number of carbonyl (C=O) groups excluding carboxylic acids is 2. The van der Waals surface area contributed by atoms with Crippen LogP contribution in [0.2, 0.25) is 0 Å². The van der Waals surface area contributed by atoms with Gasteiger partial charge < -0.3 is 13.9 Å². The number of allylic oxidation sites excluding steroid dienone is 2. The Kier molecular flexibility index (Phi) is 4.61. The van der Waals surface area contributed by atoms with E-state index >= 15 is 0 Å². The van der Waals surface area contributed by atoms with Gasteiger partial charge in [0.15, 0.2) is 5.92 Å². The van der Waals surface area contributed by atoms with Gasteiger partial charge in [-0.1, -0.05) is 6.08 Å². The molecule has 1 aliphatic rings. The molecule has 1 heterocycles. The zero-order valence-electron chi connectivity index (χ0n) is 11.6. The zero-order valence-corrected chi connectivity index (χ0v) is 11.6. The predicted molar refractivity (Wildman–Crippen MR) is 71.5 cm³/mol. The van der Waals surface area contributed by atoms with Crippen molar-refractivity contribution < 1.29 is 23.5 Å². The van der Waals surface area contributed by atoms with Crippen molar-refractivity contribution in [2.75, 3.05) is 14.2 Å². The van der Waals surface area contributed by atoms with Crippen molar-refractivity contribution in [1.82, 2.24) is 0 Å². The smallest absolute Gasteiger partial charge is 0.320 e. The standard InChI is InChI=1S/C15H18O5/c1-18-14(16)13(15(17)19-2)11-7-4-3-6-10(11)12-8-5-9-20-12/h5-6,8-9,11,13H,3-4,7H2,1-2H3/t11-/m0/s1. The van der Waals surface area contributed by atoms with Gasteiger partial charge in [-0.2, -0.15) is 0 Å². The van der Waals surface area contributed by atoms with Crippen LogP contribution in [-0.2, 0) is 19.1 Å². The Morgan fingerprint density at radius 3 is 2.55 bits per heavy atom. The summed E-state index contributed by atoms with van der Waals surface area (Å²) in [5, 5.41) is 0. The van der Waals surface area contributed by atoms with Gasteiger partial charge in [-0.25, -0.2) is 0 Å². The van der Waals surface area contributed by atoms with Crippen molar-refractivity contribution >= 4 is 17.5 Å². The molecule has 0 aliphatic heterocycles. The number of esters is 2. The van der Waals surface area contributed by atoms with Crippen molar-refractivity contribution in [2.24, 2.45) is 11.8 Å². The second-order valence-corrected chi connectivity index (χ2v) is 4.70. The monoisotopic (exact) mass is 278 g/mol. The van der Waals surface area contributed by atoms with Crippen LogP contribution < -0.4 is 0 Å². The molecular weight excluding hydrogens is 260 g/mol. The number of hydrogen-bond donors (Lipinski definition) is 0. The van der Waals surface area contributed by atoms with Crippen molar-refractivity contribution in [3.05, 3.63) is 30.2 Å². The predicted octanol–water partition coefficient (Wildman–Crippen LogP) is 2.43. The third-order valence-electron chi connectivity index (χ3n) is 3.60. The van der Waals surface area contributed by atoms with Gasteiger partial charge in [-0.15, -0.1) is 0 Å². The molecule has 0 bridgehead atoms. The second kappa shape index (κ2) is 6.41. The van der Waals surface area contributed by atoms with Gasteiger partial charge in [0.25, 0.3) is 0 Å². The van der Waals surface area contributed by atoms with E-state index in [1.807, 2.05) is 12.1 Å². The fourth-order valence-corrected chi connectivity index (χ4v) is 2.65. The molecule has 5 heteroatoms. The van der Waals surface area contributed by atoms with Gasteiger partial charge in [0.1, 0.15) is 5.76 Å². The molecule has 0 amide bonds. The molecule has 0 spiro atoms. The Balaban J connectivity index is 2.35. The molecule has 0 unspecified atom stereocenters. The number of rotatable bonds is 4. The summed E-state index contributed by atoms with van der Waals surface area (Å²) in [7, 11) is 2.55. The summed E-state index contributed by atoms with van der Waals surface area (Å²) in [4.78, 5) is 23.9. The third kappa shape index (κ3) is 2.76. The Hall–Kier alpha value is -2.04. The first kappa shape index (κ1) is 14.4. The van der Waals surface area contributed by atoms with Crippen LogP contribution >= 0.6 is 0 Å². The van der Waals surface area contributed by atoms with Crippen molar-refractivity contribution in [1.29, 1.82) is 0 Å². The lowest BCUT2D eigenvalue weighted by atomic mass is 9.77. The van der Waals surface area contributed by atoms with Crippen molar-refractivity contribution in [2.45, 2.75) is 19.3 Å². The maximum atomic E-state index is 11.9. The van der Waals surface area contributed by atoms with E-state index in [1.54, 1.807) is 12.3 Å². The number of carbonyl (C=O) groups is 2. The van der Waals surface area contributed by atoms with Gasteiger partial charge in [-0.3, -0.25) is 9.59 Å². The number of methoxy groups -OCH3 is 2. The molecular formula is C15H18O5. The first-order valence-corrected chi connectivity index (χ1v) is 6.58. The lowest BCUT2D eigenvalue weighted by Gasteiger charge is -2.27. The summed E-state index contributed by atoms with van der Waals surface area (Å²) in [6.07, 6.45) is 6.14. The van der Waals surface area contributed by atoms with E-state index in [-0.39, 0.29) is 5.92 Å². The van der Waals surface area contributed by atoms with E-state index in [0.29, 0.717) is 5.76 Å². The van der Waals surface area contributed by atoms with Crippen LogP contribution in [-0.4, -0.2) is 26.2 Å². The topological polar surface area (TPSA) is 65.7 Å². The summed E-state index contributed by atoms with van der Waals surface area (Å²) >= 11 is 0. The molecule has 0 saturated carbocycles. The van der Waals surface area contributed by atoms with Gasteiger partial charge >= 0.3 is 11.9 Å². The van der Waals surface area contributed by atoms with Crippen LogP contribution in [0.15, 0.2) is 28.9 Å². The highest BCUT2D eigenvalue weighted by Gasteiger charge is 2.40. The summed E-state index contributed by atoms with van der Waals surface area (Å²) in [5.74, 6) is -1.66. The van der Waals surface area contributed by atoms with E-state index in [9.17, 15) is 9.59 Å². The lowest BCUT2D eigenvalue weighted by molar-refractivity contribution is -0.160. The molecule has 0 N–H and O–H groups in total. The SMILES string of the molecule is COC(=O)C(C(=O)OC)[C@H]1CCCC=C1c1ccco1. The van der Waals surface area contributed by atoms with Crippen LogP contribution in [0.4, 0.5) is 0 Å². The molecule has 1 aromatic rings. The molecule has 108 valence electrons. The Bertz CT molecular complexity index is 484. The van der Waals surface area contributed by atoms with Crippen LogP contribution in [0.5, 0.6) is 0 Å². The molecule has 0 aromatic carbocycles. The van der Waals surface area contributed by atoms with Crippen molar-refractivity contribution in [3.8, 4) is 0 Å². The fourth-order valence-electron chi connectivity index (χ4n) is 2.65. The molecule has 1 aliphatic carbocycles. The quantitative estimate of drug-likeness (QED) is 0.625. The summed E-state index contributed by atoms with van der Waals surface area (Å²) in [5.41, 5.74) is 0.877. The minimum Gasteiger partial charge on any atom is -0.468 e. The minimum atomic E-state index is -0.943. The van der Waals surface area contributed by atoms with E-state index in [2.05, 4.69) is 0 Å². The number of ether oxygens (including phenoxy) is 2. The maximum Gasteiger partial charge on any atom is 0.320 e. The lowest BCUT2D eigenvalue weighted by Crippen LogP contribution is -2.34. The molecule has 1 atom stereocenters. The highest BCUT2D eigenvalue weighted by atomic mass is 16.5. The molecule has 5 nitrogen and oxygen atoms in total. The minimum absolute atomic E-state index is 0.269. The van der Waals surface area contributed by atoms with E-state index in [4.69, 9.17) is 13.9 Å². The summed E-state index contributed by atoms with van der Waals surface area (Å²) in [6.45, 7) is 0. The highest BCUT2D eigenvalue weighted by molar-refractivity contribution is 5.97. The number of hydrogen-bond acceptors (Lipinski definition) is 5. The average Bonchev–Trinajstić information content (AvgIpc) is 3.01. The Morgan fingerprint density at radius 1 is 1.30 bits per heavy atom. The van der Waals surface area contributed by atoms with Gasteiger partial charge in [0.2, 0.25) is 0 Å². The van der Waals surface area contributed by atoms with E-state index in [0.717, 1.165) is 24.8 Å². The van der Waals surface area contributed by atoms with Gasteiger partial charge in [0, 0.05) is 5.92 Å². The summed E-state index contributed by atoms with van der Waals surface area (Å²) < 4.78 is 14.9. The molecule has 0 radical (unpaired) electrons. The van der Waals surface area contributed by atoms with Crippen LogP contribution in [0, 0.1) is 11.8 Å². The second-order valence-electron chi connectivity index (χ2n) is 4.70. The molecule has 2 rings (SSSR count). The summed E-state index contributed by atoms with van der Waals surface area (Å²) in [6, 6.07) is 3.61. The van der Waals surface area contributed by atoms with Gasteiger partial charge in [0.05, 0.1) is 20.5 Å². The Morgan fingerprint density at radius 2 is 2.00 bits per heavy atom. The van der Waals surface area contributed by atoms with E-state index < -0.39 is 17.9 Å². The molecule has 1 aromatic heterocycles. The van der Waals surface area contributed by atoms with Crippen molar-refractivity contribution in [3.63, 3.8) is 0 Å². The first-order chi connectivity index (χ1) is 9.69. The normalized spacial score (nSPS) is 18.6. The largest absolute Gasteiger partial charge is 0.468 e. The van der Waals surface area contributed by atoms with Crippen LogP contribution in [0.1, 0.15) is 25.0 Å². The molecule has 0 fully saturated rings. The highest BCUT2D eigenvalue weighted by Crippen LogP contribution is 2.38. The van der Waals surface area contributed by atoms with Crippen LogP contribution in [0.25, 0.3) is 5.57 Å².